The highest BCUT2D eigenvalue weighted by Gasteiger charge is 2.17. The fraction of sp³-hybridized carbons (Fsp3) is 0.667. The molecule has 0 aliphatic rings. The highest BCUT2D eigenvalue weighted by atomic mass is 16.5. The van der Waals surface area contributed by atoms with Crippen molar-refractivity contribution in [1.82, 2.24) is 10.2 Å². The van der Waals surface area contributed by atoms with Crippen molar-refractivity contribution in [2.45, 2.75) is 39.0 Å². The summed E-state index contributed by atoms with van der Waals surface area (Å²) in [7, 11) is 4.21. The van der Waals surface area contributed by atoms with Gasteiger partial charge >= 0.3 is 0 Å². The predicted molar refractivity (Wildman–Crippen MR) is 91.3 cm³/mol. The smallest absolute Gasteiger partial charge is 0.119 e. The third-order valence-electron chi connectivity index (χ3n) is 4.03. The van der Waals surface area contributed by atoms with Crippen LogP contribution in [0.1, 0.15) is 39.2 Å². The second kappa shape index (κ2) is 9.06. The molecule has 0 radical (unpaired) electrons. The van der Waals surface area contributed by atoms with Gasteiger partial charge in [-0.15, -0.1) is 0 Å². The standard InChI is InChI=1S/C18H32N2O/c1-6-18(2,3)16-8-10-17(11-9-16)21-15-13-19-12-7-14-20(4)5/h8-11,19H,6-7,12-15H2,1-5H3. The van der Waals surface area contributed by atoms with E-state index in [0.717, 1.165) is 38.4 Å². The molecule has 1 aromatic rings. The van der Waals surface area contributed by atoms with E-state index in [4.69, 9.17) is 4.74 Å². The fourth-order valence-corrected chi connectivity index (χ4v) is 2.09. The van der Waals surface area contributed by atoms with Crippen molar-refractivity contribution in [2.75, 3.05) is 40.3 Å². The number of nitrogens with zero attached hydrogens (tertiary/aromatic N) is 1. The molecule has 3 heteroatoms. The maximum Gasteiger partial charge on any atom is 0.119 e. The Morgan fingerprint density at radius 3 is 2.33 bits per heavy atom. The van der Waals surface area contributed by atoms with Crippen LogP contribution in [0.4, 0.5) is 0 Å². The van der Waals surface area contributed by atoms with E-state index in [-0.39, 0.29) is 5.41 Å². The highest BCUT2D eigenvalue weighted by molar-refractivity contribution is 5.31. The van der Waals surface area contributed by atoms with Crippen molar-refractivity contribution >= 4 is 0 Å². The van der Waals surface area contributed by atoms with E-state index >= 15 is 0 Å². The Morgan fingerprint density at radius 2 is 1.76 bits per heavy atom. The maximum absolute atomic E-state index is 5.76. The van der Waals surface area contributed by atoms with Crippen molar-refractivity contribution in [2.24, 2.45) is 0 Å². The van der Waals surface area contributed by atoms with Crippen molar-refractivity contribution in [3.05, 3.63) is 29.8 Å². The van der Waals surface area contributed by atoms with Crippen LogP contribution in [0.2, 0.25) is 0 Å². The van der Waals surface area contributed by atoms with E-state index < -0.39 is 0 Å². The lowest BCUT2D eigenvalue weighted by molar-refractivity contribution is 0.311. The molecule has 0 fully saturated rings. The van der Waals surface area contributed by atoms with Crippen molar-refractivity contribution in [3.8, 4) is 5.75 Å². The Balaban J connectivity index is 2.21. The molecule has 1 aromatic carbocycles. The topological polar surface area (TPSA) is 24.5 Å². The van der Waals surface area contributed by atoms with E-state index in [0.29, 0.717) is 0 Å². The van der Waals surface area contributed by atoms with Gasteiger partial charge in [0.25, 0.3) is 0 Å². The minimum absolute atomic E-state index is 0.243. The first-order valence-electron chi connectivity index (χ1n) is 8.04. The molecule has 0 aromatic heterocycles. The Hall–Kier alpha value is -1.06. The van der Waals surface area contributed by atoms with Crippen LogP contribution in [0, 0.1) is 0 Å². The van der Waals surface area contributed by atoms with Gasteiger partial charge in [-0.2, -0.15) is 0 Å². The van der Waals surface area contributed by atoms with Crippen LogP contribution in [0.5, 0.6) is 5.75 Å². The summed E-state index contributed by atoms with van der Waals surface area (Å²) in [5.74, 6) is 0.959. The Labute approximate surface area is 130 Å². The van der Waals surface area contributed by atoms with Crippen LogP contribution in [0.3, 0.4) is 0 Å². The highest BCUT2D eigenvalue weighted by Crippen LogP contribution is 2.27. The number of hydrogen-bond donors (Lipinski definition) is 1. The molecule has 0 bridgehead atoms. The predicted octanol–water partition coefficient (Wildman–Crippen LogP) is 3.29. The zero-order valence-corrected chi connectivity index (χ0v) is 14.4. The molecule has 0 aliphatic carbocycles. The summed E-state index contributed by atoms with van der Waals surface area (Å²) >= 11 is 0. The third-order valence-corrected chi connectivity index (χ3v) is 4.03. The summed E-state index contributed by atoms with van der Waals surface area (Å²) in [4.78, 5) is 2.21. The molecule has 0 spiro atoms. The number of nitrogens with one attached hydrogen (secondary N) is 1. The van der Waals surface area contributed by atoms with Gasteiger partial charge in [0.2, 0.25) is 0 Å². The number of rotatable bonds is 10. The minimum Gasteiger partial charge on any atom is -0.492 e. The SMILES string of the molecule is CCC(C)(C)c1ccc(OCCNCCCN(C)C)cc1. The molecule has 120 valence electrons. The summed E-state index contributed by atoms with van der Waals surface area (Å²) in [5, 5.41) is 3.40. The van der Waals surface area contributed by atoms with Gasteiger partial charge in [0.05, 0.1) is 0 Å². The zero-order valence-electron chi connectivity index (χ0n) is 14.4. The fourth-order valence-electron chi connectivity index (χ4n) is 2.09. The first kappa shape index (κ1) is 18.0. The zero-order chi connectivity index (χ0) is 15.7. The Bertz CT molecular complexity index is 385. The van der Waals surface area contributed by atoms with Crippen LogP contribution in [0.15, 0.2) is 24.3 Å². The van der Waals surface area contributed by atoms with E-state index in [2.05, 4.69) is 69.3 Å². The Kier molecular flexibility index (Phi) is 7.76. The molecule has 21 heavy (non-hydrogen) atoms. The molecular formula is C18H32N2O. The molecule has 1 N–H and O–H groups in total. The molecule has 0 saturated heterocycles. The van der Waals surface area contributed by atoms with Gasteiger partial charge in [0, 0.05) is 6.54 Å². The van der Waals surface area contributed by atoms with Crippen LogP contribution in [-0.4, -0.2) is 45.2 Å². The molecule has 1 rings (SSSR count). The quantitative estimate of drug-likeness (QED) is 0.670. The summed E-state index contributed by atoms with van der Waals surface area (Å²) in [6.07, 6.45) is 2.32. The molecule has 0 saturated carbocycles. The lowest BCUT2D eigenvalue weighted by Gasteiger charge is -2.23. The van der Waals surface area contributed by atoms with Crippen molar-refractivity contribution in [1.29, 1.82) is 0 Å². The van der Waals surface area contributed by atoms with Gasteiger partial charge < -0.3 is 15.0 Å². The normalized spacial score (nSPS) is 11.9. The first-order chi connectivity index (χ1) is 9.95. The number of hydrogen-bond acceptors (Lipinski definition) is 3. The summed E-state index contributed by atoms with van der Waals surface area (Å²) in [6, 6.07) is 8.53. The van der Waals surface area contributed by atoms with Crippen LogP contribution in [0.25, 0.3) is 0 Å². The molecule has 0 amide bonds. The van der Waals surface area contributed by atoms with E-state index in [1.807, 2.05) is 0 Å². The molecule has 0 heterocycles. The largest absolute Gasteiger partial charge is 0.492 e. The van der Waals surface area contributed by atoms with Crippen molar-refractivity contribution < 1.29 is 4.74 Å². The van der Waals surface area contributed by atoms with Gasteiger partial charge in [-0.3, -0.25) is 0 Å². The minimum atomic E-state index is 0.243. The van der Waals surface area contributed by atoms with Crippen molar-refractivity contribution in [3.63, 3.8) is 0 Å². The average molecular weight is 292 g/mol. The first-order valence-corrected chi connectivity index (χ1v) is 8.04. The number of benzene rings is 1. The van der Waals surface area contributed by atoms with E-state index in [9.17, 15) is 0 Å². The molecule has 0 atom stereocenters. The third kappa shape index (κ3) is 6.96. The molecule has 0 unspecified atom stereocenters. The van der Waals surface area contributed by atoms with Gasteiger partial charge in [0.15, 0.2) is 0 Å². The second-order valence-electron chi connectivity index (χ2n) is 6.52. The molecular weight excluding hydrogens is 260 g/mol. The number of ether oxygens (including phenoxy) is 1. The van der Waals surface area contributed by atoms with Crippen LogP contribution < -0.4 is 10.1 Å². The summed E-state index contributed by atoms with van der Waals surface area (Å²) in [5.41, 5.74) is 1.62. The van der Waals surface area contributed by atoms with Gasteiger partial charge in [0.1, 0.15) is 12.4 Å². The molecule has 3 nitrogen and oxygen atoms in total. The Morgan fingerprint density at radius 1 is 1.10 bits per heavy atom. The summed E-state index contributed by atoms with van der Waals surface area (Å²) < 4.78 is 5.76. The van der Waals surface area contributed by atoms with E-state index in [1.54, 1.807) is 0 Å². The maximum atomic E-state index is 5.76. The van der Waals surface area contributed by atoms with Gasteiger partial charge in [-0.1, -0.05) is 32.9 Å². The lowest BCUT2D eigenvalue weighted by atomic mass is 9.82. The molecule has 0 aliphatic heterocycles. The average Bonchev–Trinajstić information content (AvgIpc) is 2.46. The van der Waals surface area contributed by atoms with Crippen LogP contribution in [-0.2, 0) is 5.41 Å². The second-order valence-corrected chi connectivity index (χ2v) is 6.52. The van der Waals surface area contributed by atoms with Crippen LogP contribution >= 0.6 is 0 Å². The van der Waals surface area contributed by atoms with Gasteiger partial charge in [-0.05, 0) is 63.1 Å². The van der Waals surface area contributed by atoms with Gasteiger partial charge in [-0.25, -0.2) is 0 Å². The monoisotopic (exact) mass is 292 g/mol. The summed E-state index contributed by atoms with van der Waals surface area (Å²) in [6.45, 7) is 10.6. The van der Waals surface area contributed by atoms with E-state index in [1.165, 1.54) is 12.0 Å². The lowest BCUT2D eigenvalue weighted by Crippen LogP contribution is -2.25.